The third kappa shape index (κ3) is 2.28. The summed E-state index contributed by atoms with van der Waals surface area (Å²) in [5.74, 6) is -2.55. The van der Waals surface area contributed by atoms with Gasteiger partial charge in [0.1, 0.15) is 11.8 Å². The minimum atomic E-state index is -3.05. The minimum Gasteiger partial charge on any atom is -0.481 e. The van der Waals surface area contributed by atoms with Crippen LogP contribution in [0.15, 0.2) is 6.20 Å². The lowest BCUT2D eigenvalue weighted by molar-refractivity contribution is -0.136. The molecule has 1 heterocycles. The molecule has 0 spiro atoms. The number of aromatic nitrogens is 1. The molecule has 0 amide bonds. The zero-order valence-electron chi connectivity index (χ0n) is 7.75. The first-order valence-electron chi connectivity index (χ1n) is 4.04. The molecule has 16 heavy (non-hydrogen) atoms. The van der Waals surface area contributed by atoms with Crippen LogP contribution in [0.25, 0.3) is 0 Å². The van der Waals surface area contributed by atoms with Gasteiger partial charge in [-0.3, -0.25) is 9.78 Å². The number of halogens is 3. The molecule has 0 saturated heterocycles. The Kier molecular flexibility index (Phi) is 3.45. The lowest BCUT2D eigenvalue weighted by atomic mass is 10.0. The summed E-state index contributed by atoms with van der Waals surface area (Å²) in [4.78, 5) is 13.5. The molecule has 0 aliphatic rings. The molecule has 0 bridgehead atoms. The average molecular weight is 230 g/mol. The third-order valence-corrected chi connectivity index (χ3v) is 1.81. The maximum atomic E-state index is 13.0. The number of rotatable bonds is 3. The van der Waals surface area contributed by atoms with E-state index in [0.29, 0.717) is 6.20 Å². The highest BCUT2D eigenvalue weighted by Gasteiger charge is 2.22. The topological polar surface area (TPSA) is 74.0 Å². The molecular formula is C9H5F3N2O2. The van der Waals surface area contributed by atoms with Crippen LogP contribution in [0, 0.1) is 17.1 Å². The number of nitrogens with zero attached hydrogens (tertiary/aromatic N) is 2. The standard InChI is InChI=1S/C9H5F3N2O2/c10-6-3-14-8(9(11)12)4(1-7(15)16)5(6)2-13/h3,9H,1H2,(H,15,16). The second-order valence-electron chi connectivity index (χ2n) is 2.83. The summed E-state index contributed by atoms with van der Waals surface area (Å²) in [5, 5.41) is 17.0. The normalized spacial score (nSPS) is 10.2. The van der Waals surface area contributed by atoms with E-state index in [1.54, 1.807) is 0 Å². The van der Waals surface area contributed by atoms with Crippen LogP contribution in [-0.4, -0.2) is 16.1 Å². The Balaban J connectivity index is 3.42. The van der Waals surface area contributed by atoms with Gasteiger partial charge in [0.15, 0.2) is 5.82 Å². The van der Waals surface area contributed by atoms with Crippen molar-refractivity contribution in [3.05, 3.63) is 28.8 Å². The fourth-order valence-electron chi connectivity index (χ4n) is 1.18. The van der Waals surface area contributed by atoms with Crippen LogP contribution in [0.3, 0.4) is 0 Å². The summed E-state index contributed by atoms with van der Waals surface area (Å²) in [6.45, 7) is 0. The Hall–Kier alpha value is -2.10. The zero-order chi connectivity index (χ0) is 12.3. The van der Waals surface area contributed by atoms with E-state index in [2.05, 4.69) is 4.98 Å². The number of aliphatic carboxylic acids is 1. The van der Waals surface area contributed by atoms with E-state index in [1.165, 1.54) is 6.07 Å². The van der Waals surface area contributed by atoms with Crippen molar-refractivity contribution in [3.63, 3.8) is 0 Å². The van der Waals surface area contributed by atoms with Crippen LogP contribution in [-0.2, 0) is 11.2 Å². The molecule has 0 aliphatic carbocycles. The molecule has 0 aliphatic heterocycles. The number of hydrogen-bond donors (Lipinski definition) is 1. The van der Waals surface area contributed by atoms with Gasteiger partial charge in [0.25, 0.3) is 6.43 Å². The molecule has 1 rings (SSSR count). The van der Waals surface area contributed by atoms with Gasteiger partial charge in [-0.25, -0.2) is 13.2 Å². The average Bonchev–Trinajstić information content (AvgIpc) is 2.16. The van der Waals surface area contributed by atoms with Gasteiger partial charge in [-0.1, -0.05) is 0 Å². The molecule has 1 aromatic heterocycles. The quantitative estimate of drug-likeness (QED) is 0.856. The second-order valence-corrected chi connectivity index (χ2v) is 2.83. The van der Waals surface area contributed by atoms with Crippen LogP contribution >= 0.6 is 0 Å². The predicted molar refractivity (Wildman–Crippen MR) is 45.2 cm³/mol. The fraction of sp³-hybridized carbons (Fsp3) is 0.222. The fourth-order valence-corrected chi connectivity index (χ4v) is 1.18. The summed E-state index contributed by atoms with van der Waals surface area (Å²) in [5.41, 5.74) is -2.15. The van der Waals surface area contributed by atoms with Crippen molar-refractivity contribution in [1.29, 1.82) is 5.26 Å². The van der Waals surface area contributed by atoms with Crippen molar-refractivity contribution in [3.8, 4) is 6.07 Å². The highest BCUT2D eigenvalue weighted by Crippen LogP contribution is 2.25. The van der Waals surface area contributed by atoms with Crippen molar-refractivity contribution in [2.24, 2.45) is 0 Å². The monoisotopic (exact) mass is 230 g/mol. The van der Waals surface area contributed by atoms with Gasteiger partial charge in [0.2, 0.25) is 0 Å². The molecule has 4 nitrogen and oxygen atoms in total. The Labute approximate surface area is 88.0 Å². The number of hydrogen-bond acceptors (Lipinski definition) is 3. The van der Waals surface area contributed by atoms with Gasteiger partial charge in [0, 0.05) is 5.56 Å². The Morgan fingerprint density at radius 2 is 2.25 bits per heavy atom. The van der Waals surface area contributed by atoms with Gasteiger partial charge in [-0.15, -0.1) is 0 Å². The van der Waals surface area contributed by atoms with Crippen molar-refractivity contribution < 1.29 is 23.1 Å². The lowest BCUT2D eigenvalue weighted by Crippen LogP contribution is -2.10. The summed E-state index contributed by atoms with van der Waals surface area (Å²) >= 11 is 0. The molecule has 0 aromatic carbocycles. The second kappa shape index (κ2) is 4.61. The van der Waals surface area contributed by atoms with Crippen molar-refractivity contribution >= 4 is 5.97 Å². The van der Waals surface area contributed by atoms with E-state index in [1.807, 2.05) is 0 Å². The molecule has 0 fully saturated rings. The van der Waals surface area contributed by atoms with Crippen LogP contribution < -0.4 is 0 Å². The van der Waals surface area contributed by atoms with E-state index in [-0.39, 0.29) is 0 Å². The van der Waals surface area contributed by atoms with E-state index in [0.717, 1.165) is 0 Å². The van der Waals surface area contributed by atoms with E-state index < -0.39 is 41.5 Å². The summed E-state index contributed by atoms with van der Waals surface area (Å²) in [6, 6.07) is 1.35. The Morgan fingerprint density at radius 1 is 1.62 bits per heavy atom. The smallest absolute Gasteiger partial charge is 0.307 e. The maximum absolute atomic E-state index is 13.0. The molecule has 1 aromatic rings. The van der Waals surface area contributed by atoms with Gasteiger partial charge >= 0.3 is 5.97 Å². The SMILES string of the molecule is N#Cc1c(F)cnc(C(F)F)c1CC(=O)O. The van der Waals surface area contributed by atoms with Crippen molar-refractivity contribution in [1.82, 2.24) is 4.98 Å². The number of pyridine rings is 1. The molecule has 7 heteroatoms. The number of carbonyl (C=O) groups is 1. The highest BCUT2D eigenvalue weighted by atomic mass is 19.3. The maximum Gasteiger partial charge on any atom is 0.307 e. The predicted octanol–water partition coefficient (Wildman–Crippen LogP) is 1.66. The number of carboxylic acid groups (broad SMARTS) is 1. The molecule has 0 radical (unpaired) electrons. The number of carboxylic acids is 1. The Morgan fingerprint density at radius 3 is 2.69 bits per heavy atom. The molecular weight excluding hydrogens is 225 g/mol. The van der Waals surface area contributed by atoms with Gasteiger partial charge < -0.3 is 5.11 Å². The summed E-state index contributed by atoms with van der Waals surface area (Å²) < 4.78 is 37.9. The summed E-state index contributed by atoms with van der Waals surface area (Å²) in [6.07, 6.45) is -3.44. The highest BCUT2D eigenvalue weighted by molar-refractivity contribution is 5.71. The molecule has 84 valence electrons. The molecule has 0 atom stereocenters. The van der Waals surface area contributed by atoms with E-state index >= 15 is 0 Å². The number of alkyl halides is 2. The zero-order valence-corrected chi connectivity index (χ0v) is 7.75. The number of nitriles is 1. The van der Waals surface area contributed by atoms with Crippen LogP contribution in [0.5, 0.6) is 0 Å². The lowest BCUT2D eigenvalue weighted by Gasteiger charge is -2.07. The first-order chi connectivity index (χ1) is 7.47. The minimum absolute atomic E-state index is 0.478. The van der Waals surface area contributed by atoms with Gasteiger partial charge in [-0.2, -0.15) is 5.26 Å². The molecule has 0 saturated carbocycles. The van der Waals surface area contributed by atoms with Crippen LogP contribution in [0.4, 0.5) is 13.2 Å². The van der Waals surface area contributed by atoms with Crippen molar-refractivity contribution in [2.75, 3.05) is 0 Å². The van der Waals surface area contributed by atoms with E-state index in [9.17, 15) is 18.0 Å². The molecule has 1 N–H and O–H groups in total. The summed E-state index contributed by atoms with van der Waals surface area (Å²) in [7, 11) is 0. The first kappa shape index (κ1) is 12.0. The van der Waals surface area contributed by atoms with Gasteiger partial charge in [0.05, 0.1) is 18.2 Å². The van der Waals surface area contributed by atoms with Crippen LogP contribution in [0.2, 0.25) is 0 Å². The largest absolute Gasteiger partial charge is 0.481 e. The molecule has 0 unspecified atom stereocenters. The first-order valence-corrected chi connectivity index (χ1v) is 4.04. The Bertz CT molecular complexity index is 469. The van der Waals surface area contributed by atoms with Crippen LogP contribution in [0.1, 0.15) is 23.2 Å². The third-order valence-electron chi connectivity index (χ3n) is 1.81. The van der Waals surface area contributed by atoms with E-state index in [4.69, 9.17) is 10.4 Å². The van der Waals surface area contributed by atoms with Crippen molar-refractivity contribution in [2.45, 2.75) is 12.8 Å². The van der Waals surface area contributed by atoms with Gasteiger partial charge in [-0.05, 0) is 0 Å².